The molecule has 0 radical (unpaired) electrons. The Morgan fingerprint density at radius 2 is 1.69 bits per heavy atom. The number of ether oxygens (including phenoxy) is 2. The number of fused-ring (bicyclic) bond motifs is 1. The number of amidine groups is 1. The molecule has 0 aliphatic carbocycles. The van der Waals surface area contributed by atoms with Gasteiger partial charge in [-0.15, -0.1) is 5.10 Å². The predicted molar refractivity (Wildman–Crippen MR) is 149 cm³/mol. The topological polar surface area (TPSA) is 117 Å². The van der Waals surface area contributed by atoms with E-state index in [-0.39, 0.29) is 13.3 Å². The van der Waals surface area contributed by atoms with Crippen LogP contribution in [-0.4, -0.2) is 23.5 Å². The quantitative estimate of drug-likeness (QED) is 0.0877. The smallest absolute Gasteiger partial charge is 0.354 e. The van der Waals surface area contributed by atoms with Crippen LogP contribution in [0.15, 0.2) is 82.4 Å². The molecular formula is C27H32BrN5O3. The molecular weight excluding hydrogens is 522 g/mol. The lowest BCUT2D eigenvalue weighted by molar-refractivity contribution is 0.0589. The van der Waals surface area contributed by atoms with Crippen molar-refractivity contribution in [1.29, 1.82) is 0 Å². The minimum Gasteiger partial charge on any atom is -0.464 e. The molecule has 1 heterocycles. The molecule has 3 aromatic carbocycles. The summed E-state index contributed by atoms with van der Waals surface area (Å²) in [5, 5.41) is 4.65. The molecule has 8 nitrogen and oxygen atoms in total. The molecule has 0 atom stereocenters. The van der Waals surface area contributed by atoms with Gasteiger partial charge in [-0.25, -0.2) is 16.2 Å². The van der Waals surface area contributed by atoms with Crippen LogP contribution in [0.1, 0.15) is 42.9 Å². The van der Waals surface area contributed by atoms with Crippen LogP contribution in [0.2, 0.25) is 0 Å². The molecule has 4 aromatic rings. The number of hydrazone groups is 1. The van der Waals surface area contributed by atoms with Gasteiger partial charge < -0.3 is 19.8 Å². The highest BCUT2D eigenvalue weighted by Gasteiger charge is 2.19. The van der Waals surface area contributed by atoms with Crippen LogP contribution in [0, 0.1) is 0 Å². The van der Waals surface area contributed by atoms with Crippen molar-refractivity contribution in [2.75, 3.05) is 7.11 Å². The number of rotatable bonds is 7. The number of carbonyl (C=O) groups is 1. The number of hydrazine groups is 1. The zero-order valence-electron chi connectivity index (χ0n) is 19.8. The van der Waals surface area contributed by atoms with E-state index in [4.69, 9.17) is 21.1 Å². The van der Waals surface area contributed by atoms with Crippen LogP contribution < -0.4 is 21.8 Å². The van der Waals surface area contributed by atoms with E-state index in [2.05, 4.69) is 26.6 Å². The molecule has 9 heteroatoms. The van der Waals surface area contributed by atoms with E-state index < -0.39 is 5.97 Å². The second-order valence-corrected chi connectivity index (χ2v) is 8.04. The van der Waals surface area contributed by atoms with Crippen LogP contribution in [-0.2, 0) is 11.3 Å². The Morgan fingerprint density at radius 1 is 1.03 bits per heavy atom. The first kappa shape index (κ1) is 28.4. The molecule has 4 rings (SSSR count). The average Bonchev–Trinajstić information content (AvgIpc) is 3.24. The summed E-state index contributed by atoms with van der Waals surface area (Å²) in [4.78, 5) is 12.6. The molecule has 0 aliphatic rings. The molecule has 0 saturated carbocycles. The van der Waals surface area contributed by atoms with Crippen molar-refractivity contribution in [2.45, 2.75) is 27.8 Å². The first-order chi connectivity index (χ1) is 17.0. The van der Waals surface area contributed by atoms with Crippen molar-refractivity contribution in [3.63, 3.8) is 0 Å². The van der Waals surface area contributed by atoms with E-state index >= 15 is 0 Å². The Bertz CT molecular complexity index is 1320. The largest absolute Gasteiger partial charge is 0.464 e. The number of esters is 1. The van der Waals surface area contributed by atoms with Crippen LogP contribution >= 0.6 is 15.9 Å². The highest BCUT2D eigenvalue weighted by atomic mass is 79.9. The van der Waals surface area contributed by atoms with E-state index in [0.717, 1.165) is 32.3 Å². The van der Waals surface area contributed by atoms with Gasteiger partial charge in [-0.05, 0) is 45.8 Å². The number of hydrogen-bond acceptors (Lipinski definition) is 6. The van der Waals surface area contributed by atoms with E-state index in [0.29, 0.717) is 18.0 Å². The maximum absolute atomic E-state index is 12.6. The third-order valence-electron chi connectivity index (χ3n) is 5.09. The van der Waals surface area contributed by atoms with Gasteiger partial charge in [0, 0.05) is 28.0 Å². The second kappa shape index (κ2) is 13.3. The Labute approximate surface area is 220 Å². The SMILES string of the molecule is C.CC.COC(=O)c1cc2c(Br)cc(Oc3ccccc3)cc2n1Cc1ccc(/C(N)=N/NN)cc1. The molecule has 0 aliphatic heterocycles. The van der Waals surface area contributed by atoms with Gasteiger partial charge in [-0.2, -0.15) is 0 Å². The molecule has 1 aromatic heterocycles. The van der Waals surface area contributed by atoms with Gasteiger partial charge in [0.1, 0.15) is 17.2 Å². The lowest BCUT2D eigenvalue weighted by Gasteiger charge is -2.12. The van der Waals surface area contributed by atoms with Crippen molar-refractivity contribution >= 4 is 38.6 Å². The van der Waals surface area contributed by atoms with Crippen molar-refractivity contribution in [2.24, 2.45) is 16.7 Å². The Morgan fingerprint density at radius 3 is 2.31 bits per heavy atom. The van der Waals surface area contributed by atoms with Crippen LogP contribution in [0.25, 0.3) is 10.9 Å². The van der Waals surface area contributed by atoms with Crippen LogP contribution in [0.4, 0.5) is 0 Å². The number of carbonyl (C=O) groups excluding carboxylic acids is 1. The molecule has 5 N–H and O–H groups in total. The summed E-state index contributed by atoms with van der Waals surface area (Å²) in [5.41, 5.74) is 11.0. The fraction of sp³-hybridized carbons (Fsp3) is 0.185. The van der Waals surface area contributed by atoms with Gasteiger partial charge in [-0.1, -0.05) is 63.7 Å². The number of halogens is 1. The number of aromatic nitrogens is 1. The summed E-state index contributed by atoms with van der Waals surface area (Å²) in [6.07, 6.45) is 0. The first-order valence-electron chi connectivity index (χ1n) is 11.0. The molecule has 36 heavy (non-hydrogen) atoms. The van der Waals surface area contributed by atoms with E-state index in [9.17, 15) is 4.79 Å². The predicted octanol–water partition coefficient (Wildman–Crippen LogP) is 5.78. The first-order valence-corrected chi connectivity index (χ1v) is 11.8. The number of benzene rings is 3. The normalized spacial score (nSPS) is 10.6. The minimum absolute atomic E-state index is 0. The van der Waals surface area contributed by atoms with Crippen molar-refractivity contribution in [3.8, 4) is 11.5 Å². The summed E-state index contributed by atoms with van der Waals surface area (Å²) in [7, 11) is 1.37. The summed E-state index contributed by atoms with van der Waals surface area (Å²) in [5.74, 6) is 6.41. The number of nitrogens with one attached hydrogen (secondary N) is 1. The maximum Gasteiger partial charge on any atom is 0.354 e. The zero-order chi connectivity index (χ0) is 25.4. The Balaban J connectivity index is 0.00000148. The van der Waals surface area contributed by atoms with Crippen molar-refractivity contribution < 1.29 is 14.3 Å². The zero-order valence-corrected chi connectivity index (χ0v) is 21.4. The molecule has 0 bridgehead atoms. The van der Waals surface area contributed by atoms with E-state index in [1.54, 1.807) is 0 Å². The van der Waals surface area contributed by atoms with E-state index in [1.165, 1.54) is 7.11 Å². The monoisotopic (exact) mass is 553 g/mol. The summed E-state index contributed by atoms with van der Waals surface area (Å²) in [6, 6.07) is 22.6. The highest BCUT2D eigenvalue weighted by Crippen LogP contribution is 2.34. The third kappa shape index (κ3) is 6.44. The molecule has 0 saturated heterocycles. The van der Waals surface area contributed by atoms with E-state index in [1.807, 2.05) is 91.2 Å². The number of nitrogens with two attached hydrogens (primary N) is 2. The lowest BCUT2D eigenvalue weighted by Crippen LogP contribution is -2.23. The maximum atomic E-state index is 12.6. The third-order valence-corrected chi connectivity index (χ3v) is 5.75. The number of para-hydroxylation sites is 1. The summed E-state index contributed by atoms with van der Waals surface area (Å²) < 4.78 is 13.8. The highest BCUT2D eigenvalue weighted by molar-refractivity contribution is 9.10. The van der Waals surface area contributed by atoms with Crippen molar-refractivity contribution in [3.05, 3.63) is 94.1 Å². The van der Waals surface area contributed by atoms with Gasteiger partial charge in [-0.3, -0.25) is 0 Å². The fourth-order valence-corrected chi connectivity index (χ4v) is 4.06. The van der Waals surface area contributed by atoms with Crippen LogP contribution in [0.3, 0.4) is 0 Å². The van der Waals surface area contributed by atoms with Gasteiger partial charge >= 0.3 is 5.97 Å². The molecule has 0 amide bonds. The van der Waals surface area contributed by atoms with Gasteiger partial charge in [0.25, 0.3) is 0 Å². The molecule has 190 valence electrons. The standard InChI is InChI=1S/C24H22BrN5O3.C2H6.CH4/c1-32-24(31)22-13-19-20(25)11-18(33-17-5-3-2-4-6-17)12-21(19)30(22)14-15-7-9-16(10-8-15)23(26)28-29-27;1-2;/h2-13,29H,14,27H2,1H3,(H2,26,28);1-2H3;1H4. The van der Waals surface area contributed by atoms with Crippen LogP contribution in [0.5, 0.6) is 11.5 Å². The molecule has 0 unspecified atom stereocenters. The molecule has 0 fully saturated rings. The second-order valence-electron chi connectivity index (χ2n) is 7.18. The van der Waals surface area contributed by atoms with Gasteiger partial charge in [0.05, 0.1) is 12.6 Å². The summed E-state index contributed by atoms with van der Waals surface area (Å²) in [6.45, 7) is 4.43. The average molecular weight is 554 g/mol. The van der Waals surface area contributed by atoms with Gasteiger partial charge in [0.15, 0.2) is 5.84 Å². The lowest BCUT2D eigenvalue weighted by atomic mass is 10.1. The number of nitrogens with zero attached hydrogens (tertiary/aromatic N) is 2. The summed E-state index contributed by atoms with van der Waals surface area (Å²) >= 11 is 3.62. The minimum atomic E-state index is -0.425. The fourth-order valence-electron chi connectivity index (χ4n) is 3.51. The van der Waals surface area contributed by atoms with Crippen molar-refractivity contribution in [1.82, 2.24) is 10.1 Å². The Kier molecular flexibility index (Phi) is 10.5. The number of hydrogen-bond donors (Lipinski definition) is 3. The Hall–Kier alpha value is -3.82. The molecule has 0 spiro atoms. The number of methoxy groups -OCH3 is 1. The van der Waals surface area contributed by atoms with Gasteiger partial charge in [0.2, 0.25) is 0 Å².